The number of nitrogens with zero attached hydrogens (tertiary/aromatic N) is 1. The van der Waals surface area contributed by atoms with Crippen LogP contribution in [0.1, 0.15) is 28.7 Å². The highest BCUT2D eigenvalue weighted by atomic mass is 127. The third kappa shape index (κ3) is 7.66. The molecule has 0 amide bonds. The molecule has 0 fully saturated rings. The van der Waals surface area contributed by atoms with Crippen molar-refractivity contribution in [2.24, 2.45) is 4.99 Å². The topological polar surface area (TPSA) is 45.7 Å². The maximum atomic E-state index is 6.84. The molecule has 4 rings (SSSR count). The molecule has 0 aliphatic heterocycles. The highest BCUT2D eigenvalue weighted by Gasteiger charge is 2.37. The first-order chi connectivity index (χ1) is 17.8. The van der Waals surface area contributed by atoms with Crippen LogP contribution in [0.2, 0.25) is 0 Å². The summed E-state index contributed by atoms with van der Waals surface area (Å²) in [5.74, 6) is 0.811. The van der Waals surface area contributed by atoms with E-state index < -0.39 is 5.60 Å². The van der Waals surface area contributed by atoms with Crippen LogP contribution in [0.3, 0.4) is 0 Å². The number of hydrogen-bond donors (Lipinski definition) is 2. The second kappa shape index (κ2) is 15.2. The molecule has 192 valence electrons. The van der Waals surface area contributed by atoms with E-state index in [1.807, 2.05) is 24.3 Å². The first kappa shape index (κ1) is 28.4. The lowest BCUT2D eigenvalue weighted by atomic mass is 9.80. The molecule has 0 saturated heterocycles. The van der Waals surface area contributed by atoms with Gasteiger partial charge in [-0.05, 0) is 35.1 Å². The summed E-state index contributed by atoms with van der Waals surface area (Å²) in [7, 11) is 1.81. The minimum absolute atomic E-state index is 0. The summed E-state index contributed by atoms with van der Waals surface area (Å²) in [5, 5.41) is 6.82. The Hall–Kier alpha value is -3.16. The van der Waals surface area contributed by atoms with E-state index in [2.05, 4.69) is 113 Å². The van der Waals surface area contributed by atoms with E-state index in [4.69, 9.17) is 4.74 Å². The smallest absolute Gasteiger partial charge is 0.190 e. The Labute approximate surface area is 238 Å². The van der Waals surface area contributed by atoms with Gasteiger partial charge in [0.05, 0.1) is 6.61 Å². The van der Waals surface area contributed by atoms with Gasteiger partial charge in [-0.3, -0.25) is 4.99 Å². The van der Waals surface area contributed by atoms with E-state index in [0.29, 0.717) is 6.61 Å². The van der Waals surface area contributed by atoms with E-state index in [0.717, 1.165) is 48.6 Å². The van der Waals surface area contributed by atoms with Gasteiger partial charge in [0.25, 0.3) is 0 Å². The zero-order chi connectivity index (χ0) is 24.9. The van der Waals surface area contributed by atoms with Gasteiger partial charge in [-0.1, -0.05) is 121 Å². The van der Waals surface area contributed by atoms with E-state index in [9.17, 15) is 0 Å². The van der Waals surface area contributed by atoms with Crippen LogP contribution in [-0.4, -0.2) is 32.7 Å². The van der Waals surface area contributed by atoms with Gasteiger partial charge in [0, 0.05) is 20.1 Å². The average Bonchev–Trinajstić information content (AvgIpc) is 2.96. The maximum absolute atomic E-state index is 6.84. The van der Waals surface area contributed by atoms with Gasteiger partial charge in [0.15, 0.2) is 5.96 Å². The van der Waals surface area contributed by atoms with Gasteiger partial charge in [-0.2, -0.15) is 0 Å². The largest absolute Gasteiger partial charge is 1.00 e. The lowest BCUT2D eigenvalue weighted by molar-refractivity contribution is -0.0000167. The van der Waals surface area contributed by atoms with Crippen LogP contribution in [0.4, 0.5) is 0 Å². The molecule has 4 aromatic rings. The fourth-order valence-corrected chi connectivity index (χ4v) is 4.46. The molecule has 0 aliphatic carbocycles. The number of benzene rings is 4. The second-order valence-corrected chi connectivity index (χ2v) is 8.64. The van der Waals surface area contributed by atoms with Crippen molar-refractivity contribution in [1.29, 1.82) is 0 Å². The molecule has 0 bridgehead atoms. The van der Waals surface area contributed by atoms with Crippen LogP contribution in [-0.2, 0) is 16.8 Å². The Balaban J connectivity index is 0.00000380. The van der Waals surface area contributed by atoms with E-state index in [1.165, 1.54) is 5.56 Å². The monoisotopic (exact) mass is 604 g/mol. The summed E-state index contributed by atoms with van der Waals surface area (Å²) in [6.45, 7) is 2.19. The van der Waals surface area contributed by atoms with Crippen molar-refractivity contribution in [3.63, 3.8) is 0 Å². The molecule has 0 heterocycles. The molecule has 0 aliphatic rings. The van der Waals surface area contributed by atoms with Crippen molar-refractivity contribution in [3.05, 3.63) is 144 Å². The van der Waals surface area contributed by atoms with Gasteiger partial charge >= 0.3 is 0 Å². The highest BCUT2D eigenvalue weighted by Crippen LogP contribution is 2.40. The third-order valence-electron chi connectivity index (χ3n) is 6.25. The maximum Gasteiger partial charge on any atom is 0.190 e. The quantitative estimate of drug-likeness (QED) is 0.0911. The fraction of sp³-hybridized carbons (Fsp3) is 0.219. The summed E-state index contributed by atoms with van der Waals surface area (Å²) >= 11 is 0. The van der Waals surface area contributed by atoms with Crippen LogP contribution in [0, 0.1) is 0 Å². The van der Waals surface area contributed by atoms with Crippen LogP contribution in [0.15, 0.2) is 126 Å². The van der Waals surface area contributed by atoms with Crippen LogP contribution in [0.25, 0.3) is 0 Å². The molecular weight excluding hydrogens is 569 g/mol. The van der Waals surface area contributed by atoms with Crippen LogP contribution in [0.5, 0.6) is 0 Å². The first-order valence-electron chi connectivity index (χ1n) is 12.6. The zero-order valence-corrected chi connectivity index (χ0v) is 23.5. The molecule has 37 heavy (non-hydrogen) atoms. The first-order valence-corrected chi connectivity index (χ1v) is 12.6. The molecule has 0 atom stereocenters. The van der Waals surface area contributed by atoms with Gasteiger partial charge in [0.1, 0.15) is 5.60 Å². The average molecular weight is 605 g/mol. The molecule has 0 saturated carbocycles. The number of halogens is 1. The fourth-order valence-electron chi connectivity index (χ4n) is 4.46. The summed E-state index contributed by atoms with van der Waals surface area (Å²) in [6.07, 6.45) is 1.80. The zero-order valence-electron chi connectivity index (χ0n) is 21.3. The minimum Gasteiger partial charge on any atom is -1.00 e. The van der Waals surface area contributed by atoms with Crippen molar-refractivity contribution in [2.75, 3.05) is 26.7 Å². The Morgan fingerprint density at radius 1 is 0.649 bits per heavy atom. The minimum atomic E-state index is -0.681. The number of nitrogens with one attached hydrogen (secondary N) is 2. The molecule has 0 aromatic heterocycles. The second-order valence-electron chi connectivity index (χ2n) is 8.64. The van der Waals surface area contributed by atoms with E-state index in [1.54, 1.807) is 7.05 Å². The van der Waals surface area contributed by atoms with Crippen LogP contribution >= 0.6 is 0 Å². The van der Waals surface area contributed by atoms with Gasteiger partial charge in [0.2, 0.25) is 0 Å². The van der Waals surface area contributed by atoms with Gasteiger partial charge < -0.3 is 39.3 Å². The predicted molar refractivity (Wildman–Crippen MR) is 149 cm³/mol. The Kier molecular flexibility index (Phi) is 11.7. The van der Waals surface area contributed by atoms with Gasteiger partial charge in [-0.15, -0.1) is 0 Å². The molecule has 4 aromatic carbocycles. The normalized spacial score (nSPS) is 11.4. The summed E-state index contributed by atoms with van der Waals surface area (Å²) in [4.78, 5) is 4.36. The number of guanidine groups is 1. The summed E-state index contributed by atoms with van der Waals surface area (Å²) < 4.78 is 6.84. The van der Waals surface area contributed by atoms with Crippen molar-refractivity contribution < 1.29 is 28.7 Å². The summed E-state index contributed by atoms with van der Waals surface area (Å²) in [5.41, 5.74) is 3.99. The number of rotatable bonds is 11. The standard InChI is InChI=1S/C32H35N3O.HI/c1-33-31(35-25-23-27-15-6-2-7-16-27)34-24-14-26-36-32(28-17-8-3-9-18-28,29-19-10-4-11-20-29)30-21-12-5-13-22-30;/h2-13,15-22H,14,23-26H2,1H3,(H2,33,34,35);1H/p-1. The molecular formula is C32H35IN3O-. The Morgan fingerprint density at radius 2 is 1.08 bits per heavy atom. The van der Waals surface area contributed by atoms with Crippen molar-refractivity contribution in [1.82, 2.24) is 10.6 Å². The lowest BCUT2D eigenvalue weighted by Crippen LogP contribution is -3.00. The van der Waals surface area contributed by atoms with Crippen LogP contribution < -0.4 is 34.6 Å². The Morgan fingerprint density at radius 3 is 1.54 bits per heavy atom. The number of hydrogen-bond acceptors (Lipinski definition) is 2. The van der Waals surface area contributed by atoms with Crippen molar-refractivity contribution in [2.45, 2.75) is 18.4 Å². The Bertz CT molecular complexity index is 1090. The summed E-state index contributed by atoms with van der Waals surface area (Å²) in [6, 6.07) is 42.0. The number of aliphatic imine (C=N–C) groups is 1. The molecule has 0 radical (unpaired) electrons. The van der Waals surface area contributed by atoms with E-state index in [-0.39, 0.29) is 24.0 Å². The highest BCUT2D eigenvalue weighted by molar-refractivity contribution is 5.79. The molecule has 5 heteroatoms. The molecule has 2 N–H and O–H groups in total. The lowest BCUT2D eigenvalue weighted by Gasteiger charge is -2.36. The van der Waals surface area contributed by atoms with E-state index >= 15 is 0 Å². The van der Waals surface area contributed by atoms with Gasteiger partial charge in [-0.25, -0.2) is 0 Å². The van der Waals surface area contributed by atoms with Crippen molar-refractivity contribution in [3.8, 4) is 0 Å². The molecule has 0 unspecified atom stereocenters. The molecule has 4 nitrogen and oxygen atoms in total. The van der Waals surface area contributed by atoms with Crippen molar-refractivity contribution >= 4 is 5.96 Å². The third-order valence-corrected chi connectivity index (χ3v) is 6.25. The predicted octanol–water partition coefficient (Wildman–Crippen LogP) is 2.80. The molecule has 0 spiro atoms. The number of ether oxygens (including phenoxy) is 1. The SMILES string of the molecule is CN=C(NCCCOC(c1ccccc1)(c1ccccc1)c1ccccc1)NCCc1ccccc1.[I-].